The van der Waals surface area contributed by atoms with Gasteiger partial charge >= 0.3 is 0 Å². The van der Waals surface area contributed by atoms with Crippen molar-refractivity contribution >= 4 is 21.4 Å². The van der Waals surface area contributed by atoms with Crippen molar-refractivity contribution in [3.8, 4) is 0 Å². The summed E-state index contributed by atoms with van der Waals surface area (Å²) in [7, 11) is -3.31. The summed E-state index contributed by atoms with van der Waals surface area (Å²) < 4.78 is 26.2. The summed E-state index contributed by atoms with van der Waals surface area (Å²) in [6.45, 7) is 1.42. The first-order chi connectivity index (χ1) is 7.64. The van der Waals surface area contributed by atoms with E-state index in [0.29, 0.717) is 23.8 Å². The maximum absolute atomic E-state index is 12.2. The molecule has 0 amide bonds. The molecule has 2 N–H and O–H groups in total. The standard InChI is InChI=1S/C10H14N2O2S2/c11-8-9-4-5-10(15-9)16(13,14)12-6-2-1-3-7-12/h1-2,4-5H,3,6-8,11H2. The Labute approximate surface area is 99.4 Å². The Hall–Kier alpha value is -0.690. The van der Waals surface area contributed by atoms with Gasteiger partial charge in [0.2, 0.25) is 0 Å². The molecule has 0 saturated heterocycles. The van der Waals surface area contributed by atoms with Gasteiger partial charge in [-0.15, -0.1) is 11.3 Å². The Balaban J connectivity index is 2.27. The number of nitrogens with zero attached hydrogens (tertiary/aromatic N) is 1. The van der Waals surface area contributed by atoms with Crippen LogP contribution in [-0.2, 0) is 16.6 Å². The average molecular weight is 258 g/mol. The highest BCUT2D eigenvalue weighted by Crippen LogP contribution is 2.25. The van der Waals surface area contributed by atoms with Crippen molar-refractivity contribution in [2.75, 3.05) is 13.1 Å². The van der Waals surface area contributed by atoms with Gasteiger partial charge in [0, 0.05) is 24.5 Å². The third kappa shape index (κ3) is 2.20. The van der Waals surface area contributed by atoms with Gasteiger partial charge in [0.15, 0.2) is 0 Å². The molecule has 2 rings (SSSR count). The second-order valence-corrected chi connectivity index (χ2v) is 6.88. The number of hydrogen-bond donors (Lipinski definition) is 1. The van der Waals surface area contributed by atoms with Crippen LogP contribution in [0.5, 0.6) is 0 Å². The molecule has 88 valence electrons. The molecule has 6 heteroatoms. The zero-order valence-electron chi connectivity index (χ0n) is 8.80. The minimum Gasteiger partial charge on any atom is -0.326 e. The summed E-state index contributed by atoms with van der Waals surface area (Å²) in [5.74, 6) is 0. The number of sulfonamides is 1. The first-order valence-corrected chi connectivity index (χ1v) is 7.34. The predicted octanol–water partition coefficient (Wildman–Crippen LogP) is 1.16. The lowest BCUT2D eigenvalue weighted by atomic mass is 10.3. The van der Waals surface area contributed by atoms with Gasteiger partial charge in [0.1, 0.15) is 4.21 Å². The molecule has 1 aliphatic rings. The maximum atomic E-state index is 12.2. The first-order valence-electron chi connectivity index (χ1n) is 5.08. The lowest BCUT2D eigenvalue weighted by molar-refractivity contribution is 0.439. The van der Waals surface area contributed by atoms with Crippen molar-refractivity contribution in [3.05, 3.63) is 29.2 Å². The fourth-order valence-electron chi connectivity index (χ4n) is 1.57. The molecule has 0 aliphatic carbocycles. The van der Waals surface area contributed by atoms with Crippen molar-refractivity contribution in [2.45, 2.75) is 17.2 Å². The second-order valence-electron chi connectivity index (χ2n) is 3.55. The zero-order chi connectivity index (χ0) is 11.6. The van der Waals surface area contributed by atoms with Gasteiger partial charge in [-0.05, 0) is 18.6 Å². The summed E-state index contributed by atoms with van der Waals surface area (Å²) in [6.07, 6.45) is 4.68. The molecule has 0 radical (unpaired) electrons. The van der Waals surface area contributed by atoms with Crippen LogP contribution >= 0.6 is 11.3 Å². The van der Waals surface area contributed by atoms with Crippen molar-refractivity contribution in [2.24, 2.45) is 5.73 Å². The molecule has 0 saturated carbocycles. The Morgan fingerprint density at radius 3 is 2.75 bits per heavy atom. The average Bonchev–Trinajstić information content (AvgIpc) is 2.79. The summed E-state index contributed by atoms with van der Waals surface area (Å²) >= 11 is 1.25. The van der Waals surface area contributed by atoms with E-state index in [1.54, 1.807) is 12.1 Å². The lowest BCUT2D eigenvalue weighted by Crippen LogP contribution is -2.33. The number of nitrogens with two attached hydrogens (primary N) is 1. The van der Waals surface area contributed by atoms with E-state index in [1.165, 1.54) is 15.6 Å². The molecule has 0 fully saturated rings. The Morgan fingerprint density at radius 1 is 1.38 bits per heavy atom. The molecule has 0 aromatic carbocycles. The Bertz CT molecular complexity index is 491. The highest BCUT2D eigenvalue weighted by atomic mass is 32.2. The van der Waals surface area contributed by atoms with Gasteiger partial charge in [-0.1, -0.05) is 12.2 Å². The van der Waals surface area contributed by atoms with Crippen LogP contribution in [0.15, 0.2) is 28.5 Å². The molecule has 0 unspecified atom stereocenters. The van der Waals surface area contributed by atoms with Crippen LogP contribution in [0.2, 0.25) is 0 Å². The van der Waals surface area contributed by atoms with E-state index in [-0.39, 0.29) is 0 Å². The van der Waals surface area contributed by atoms with Crippen molar-refractivity contribution in [1.82, 2.24) is 4.31 Å². The number of rotatable bonds is 3. The third-order valence-corrected chi connectivity index (χ3v) is 5.89. The molecule has 0 atom stereocenters. The summed E-state index contributed by atoms with van der Waals surface area (Å²) in [5.41, 5.74) is 5.48. The highest BCUT2D eigenvalue weighted by molar-refractivity contribution is 7.91. The van der Waals surface area contributed by atoms with E-state index < -0.39 is 10.0 Å². The fourth-order valence-corrected chi connectivity index (χ4v) is 4.37. The molecule has 2 heterocycles. The van der Waals surface area contributed by atoms with E-state index in [1.807, 2.05) is 12.2 Å². The minimum absolute atomic E-state index is 0.389. The third-order valence-electron chi connectivity index (χ3n) is 2.45. The second kappa shape index (κ2) is 4.67. The molecular weight excluding hydrogens is 244 g/mol. The summed E-state index contributed by atoms with van der Waals surface area (Å²) in [4.78, 5) is 0.895. The van der Waals surface area contributed by atoms with Crippen LogP contribution in [0.4, 0.5) is 0 Å². The monoisotopic (exact) mass is 258 g/mol. The van der Waals surface area contributed by atoms with Crippen molar-refractivity contribution in [1.29, 1.82) is 0 Å². The molecule has 0 bridgehead atoms. The number of hydrogen-bond acceptors (Lipinski definition) is 4. The lowest BCUT2D eigenvalue weighted by Gasteiger charge is -2.21. The van der Waals surface area contributed by atoms with Gasteiger partial charge in [0.25, 0.3) is 10.0 Å². The SMILES string of the molecule is NCc1ccc(S(=O)(=O)N2CC=CCC2)s1. The Morgan fingerprint density at radius 2 is 2.19 bits per heavy atom. The van der Waals surface area contributed by atoms with Gasteiger partial charge in [-0.25, -0.2) is 8.42 Å². The van der Waals surface area contributed by atoms with Crippen LogP contribution in [0, 0.1) is 0 Å². The minimum atomic E-state index is -3.31. The number of thiophene rings is 1. The van der Waals surface area contributed by atoms with Crippen LogP contribution in [0.25, 0.3) is 0 Å². The largest absolute Gasteiger partial charge is 0.326 e. The van der Waals surface area contributed by atoms with E-state index in [4.69, 9.17) is 5.73 Å². The quantitative estimate of drug-likeness (QED) is 0.827. The van der Waals surface area contributed by atoms with Crippen LogP contribution < -0.4 is 5.73 Å². The molecule has 16 heavy (non-hydrogen) atoms. The van der Waals surface area contributed by atoms with Gasteiger partial charge in [0.05, 0.1) is 0 Å². The van der Waals surface area contributed by atoms with Crippen molar-refractivity contribution < 1.29 is 8.42 Å². The molecule has 0 spiro atoms. The molecule has 1 aliphatic heterocycles. The summed E-state index contributed by atoms with van der Waals surface area (Å²) in [5, 5.41) is 0. The molecule has 1 aromatic heterocycles. The fraction of sp³-hybridized carbons (Fsp3) is 0.400. The van der Waals surface area contributed by atoms with Gasteiger partial charge in [-0.2, -0.15) is 4.31 Å². The Kier molecular flexibility index (Phi) is 3.44. The van der Waals surface area contributed by atoms with E-state index in [0.717, 1.165) is 11.3 Å². The van der Waals surface area contributed by atoms with E-state index >= 15 is 0 Å². The predicted molar refractivity (Wildman–Crippen MR) is 64.7 cm³/mol. The van der Waals surface area contributed by atoms with Gasteiger partial charge in [-0.3, -0.25) is 0 Å². The van der Waals surface area contributed by atoms with E-state index in [2.05, 4.69) is 0 Å². The van der Waals surface area contributed by atoms with Crippen LogP contribution in [0.3, 0.4) is 0 Å². The smallest absolute Gasteiger partial charge is 0.252 e. The van der Waals surface area contributed by atoms with E-state index in [9.17, 15) is 8.42 Å². The van der Waals surface area contributed by atoms with Crippen LogP contribution in [0.1, 0.15) is 11.3 Å². The molecule has 1 aromatic rings. The normalized spacial score (nSPS) is 17.8. The van der Waals surface area contributed by atoms with Crippen LogP contribution in [-0.4, -0.2) is 25.8 Å². The molecule has 4 nitrogen and oxygen atoms in total. The summed E-state index contributed by atoms with van der Waals surface area (Å²) in [6, 6.07) is 3.41. The first kappa shape index (κ1) is 11.8. The zero-order valence-corrected chi connectivity index (χ0v) is 10.4. The van der Waals surface area contributed by atoms with Gasteiger partial charge < -0.3 is 5.73 Å². The highest BCUT2D eigenvalue weighted by Gasteiger charge is 2.25. The van der Waals surface area contributed by atoms with Crippen molar-refractivity contribution in [3.63, 3.8) is 0 Å². The topological polar surface area (TPSA) is 63.4 Å². The molecular formula is C10H14N2O2S2. The maximum Gasteiger partial charge on any atom is 0.252 e.